The van der Waals surface area contributed by atoms with Crippen LogP contribution >= 0.6 is 12.4 Å². The predicted molar refractivity (Wildman–Crippen MR) is 94.1 cm³/mol. The van der Waals surface area contributed by atoms with Crippen molar-refractivity contribution in [1.29, 1.82) is 0 Å². The molecule has 124 valence electrons. The van der Waals surface area contributed by atoms with Crippen molar-refractivity contribution in [2.24, 2.45) is 5.92 Å². The summed E-state index contributed by atoms with van der Waals surface area (Å²) in [5.74, 6) is -0.578. The molecule has 0 heterocycles. The number of anilines is 1. The molecule has 2 aromatic carbocycles. The first-order chi connectivity index (χ1) is 10.6. The Morgan fingerprint density at radius 2 is 1.83 bits per heavy atom. The predicted octanol–water partition coefficient (Wildman–Crippen LogP) is 3.37. The Balaban J connectivity index is 0.00000264. The van der Waals surface area contributed by atoms with Gasteiger partial charge in [-0.1, -0.05) is 37.3 Å². The highest BCUT2D eigenvalue weighted by molar-refractivity contribution is 5.85. The molecule has 0 saturated heterocycles. The van der Waals surface area contributed by atoms with E-state index in [1.807, 2.05) is 31.2 Å². The Kier molecular flexibility index (Phi) is 7.55. The van der Waals surface area contributed by atoms with Crippen LogP contribution in [0.3, 0.4) is 0 Å². The number of rotatable bonds is 6. The van der Waals surface area contributed by atoms with Crippen LogP contribution in [0.1, 0.15) is 18.1 Å². The van der Waals surface area contributed by atoms with Crippen LogP contribution in [0, 0.1) is 11.7 Å². The van der Waals surface area contributed by atoms with Gasteiger partial charge in [-0.25, -0.2) is 4.39 Å². The molecule has 0 fully saturated rings. The molecular formula is C18H22ClFN2O. The molecule has 0 spiro atoms. The fourth-order valence-corrected chi connectivity index (χ4v) is 2.28. The SMILES string of the molecule is CC(Cc1ccccc1F)C(=O)NCCc1ccc(N)cc1.Cl. The highest BCUT2D eigenvalue weighted by Gasteiger charge is 2.14. The third-order valence-corrected chi connectivity index (χ3v) is 3.62. The van der Waals surface area contributed by atoms with Gasteiger partial charge in [-0.15, -0.1) is 12.4 Å². The van der Waals surface area contributed by atoms with Crippen molar-refractivity contribution in [2.45, 2.75) is 19.8 Å². The molecule has 3 N–H and O–H groups in total. The number of halogens is 2. The molecule has 0 aliphatic rings. The van der Waals surface area contributed by atoms with E-state index in [1.54, 1.807) is 18.2 Å². The lowest BCUT2D eigenvalue weighted by molar-refractivity contribution is -0.124. The van der Waals surface area contributed by atoms with Crippen LogP contribution in [0.4, 0.5) is 10.1 Å². The minimum Gasteiger partial charge on any atom is -0.399 e. The first kappa shape index (κ1) is 19.0. The number of nitrogens with one attached hydrogen (secondary N) is 1. The standard InChI is InChI=1S/C18H21FN2O.ClH/c1-13(12-15-4-2-3-5-17(15)19)18(22)21-11-10-14-6-8-16(20)9-7-14;/h2-9,13H,10-12,20H2,1H3,(H,21,22);1H. The largest absolute Gasteiger partial charge is 0.399 e. The summed E-state index contributed by atoms with van der Waals surface area (Å²) in [6, 6.07) is 14.2. The molecule has 1 atom stereocenters. The molecule has 0 aliphatic heterocycles. The van der Waals surface area contributed by atoms with E-state index in [4.69, 9.17) is 5.73 Å². The van der Waals surface area contributed by atoms with Crippen molar-refractivity contribution in [3.63, 3.8) is 0 Å². The molecule has 23 heavy (non-hydrogen) atoms. The van der Waals surface area contributed by atoms with Crippen LogP contribution in [0.15, 0.2) is 48.5 Å². The van der Waals surface area contributed by atoms with Gasteiger partial charge >= 0.3 is 0 Å². The van der Waals surface area contributed by atoms with Crippen LogP contribution in [-0.2, 0) is 17.6 Å². The van der Waals surface area contributed by atoms with Crippen LogP contribution in [-0.4, -0.2) is 12.5 Å². The van der Waals surface area contributed by atoms with E-state index in [0.717, 1.165) is 17.7 Å². The molecule has 0 aromatic heterocycles. The van der Waals surface area contributed by atoms with E-state index < -0.39 is 0 Å². The summed E-state index contributed by atoms with van der Waals surface area (Å²) in [4.78, 5) is 12.0. The lowest BCUT2D eigenvalue weighted by Crippen LogP contribution is -2.32. The minimum absolute atomic E-state index is 0. The fraction of sp³-hybridized carbons (Fsp3) is 0.278. The van der Waals surface area contributed by atoms with Gasteiger partial charge in [0.15, 0.2) is 0 Å². The zero-order valence-corrected chi connectivity index (χ0v) is 13.9. The first-order valence-corrected chi connectivity index (χ1v) is 7.42. The molecule has 0 bridgehead atoms. The van der Waals surface area contributed by atoms with Crippen molar-refractivity contribution in [3.05, 3.63) is 65.5 Å². The maximum atomic E-state index is 13.6. The van der Waals surface area contributed by atoms with Crippen molar-refractivity contribution in [1.82, 2.24) is 5.32 Å². The third-order valence-electron chi connectivity index (χ3n) is 3.62. The second-order valence-corrected chi connectivity index (χ2v) is 5.48. The Morgan fingerprint density at radius 1 is 1.17 bits per heavy atom. The summed E-state index contributed by atoms with van der Waals surface area (Å²) >= 11 is 0. The van der Waals surface area contributed by atoms with Crippen LogP contribution in [0.25, 0.3) is 0 Å². The average Bonchev–Trinajstić information content (AvgIpc) is 2.51. The smallest absolute Gasteiger partial charge is 0.223 e. The summed E-state index contributed by atoms with van der Waals surface area (Å²) in [7, 11) is 0. The van der Waals surface area contributed by atoms with E-state index in [1.165, 1.54) is 6.07 Å². The number of hydrogen-bond acceptors (Lipinski definition) is 2. The molecule has 1 amide bonds. The number of carbonyl (C=O) groups excluding carboxylic acids is 1. The molecule has 0 saturated carbocycles. The van der Waals surface area contributed by atoms with Crippen molar-refractivity contribution < 1.29 is 9.18 Å². The van der Waals surface area contributed by atoms with Gasteiger partial charge in [-0.3, -0.25) is 4.79 Å². The van der Waals surface area contributed by atoms with Crippen molar-refractivity contribution >= 4 is 24.0 Å². The van der Waals surface area contributed by atoms with Gasteiger partial charge in [-0.2, -0.15) is 0 Å². The lowest BCUT2D eigenvalue weighted by Gasteiger charge is -2.13. The Bertz CT molecular complexity index is 631. The second-order valence-electron chi connectivity index (χ2n) is 5.48. The summed E-state index contributed by atoms with van der Waals surface area (Å²) in [6.45, 7) is 2.37. The van der Waals surface area contributed by atoms with E-state index in [9.17, 15) is 9.18 Å². The summed E-state index contributed by atoms with van der Waals surface area (Å²) in [5, 5.41) is 2.89. The van der Waals surface area contributed by atoms with Crippen molar-refractivity contribution in [3.8, 4) is 0 Å². The van der Waals surface area contributed by atoms with Gasteiger partial charge in [0.05, 0.1) is 0 Å². The summed E-state index contributed by atoms with van der Waals surface area (Å²) in [5.41, 5.74) is 8.05. The number of hydrogen-bond donors (Lipinski definition) is 2. The normalized spacial score (nSPS) is 11.4. The molecule has 0 aliphatic carbocycles. The minimum atomic E-state index is -0.261. The van der Waals surface area contributed by atoms with Gasteiger partial charge in [0, 0.05) is 18.2 Å². The molecule has 2 aromatic rings. The quantitative estimate of drug-likeness (QED) is 0.795. The number of nitrogen functional groups attached to an aromatic ring is 1. The Morgan fingerprint density at radius 3 is 2.48 bits per heavy atom. The molecule has 1 unspecified atom stereocenters. The summed E-state index contributed by atoms with van der Waals surface area (Å²) in [6.07, 6.45) is 1.15. The van der Waals surface area contributed by atoms with Gasteiger partial charge in [0.25, 0.3) is 0 Å². The van der Waals surface area contributed by atoms with E-state index in [2.05, 4.69) is 5.32 Å². The van der Waals surface area contributed by atoms with Crippen molar-refractivity contribution in [2.75, 3.05) is 12.3 Å². The van der Waals surface area contributed by atoms with E-state index in [-0.39, 0.29) is 30.0 Å². The Hall–Kier alpha value is -2.07. The zero-order chi connectivity index (χ0) is 15.9. The van der Waals surface area contributed by atoms with Gasteiger partial charge in [0.2, 0.25) is 5.91 Å². The second kappa shape index (κ2) is 9.16. The van der Waals surface area contributed by atoms with E-state index >= 15 is 0 Å². The Labute approximate surface area is 142 Å². The molecule has 5 heteroatoms. The topological polar surface area (TPSA) is 55.1 Å². The number of benzene rings is 2. The number of amides is 1. The van der Waals surface area contributed by atoms with Crippen LogP contribution < -0.4 is 11.1 Å². The fourth-order valence-electron chi connectivity index (χ4n) is 2.28. The highest BCUT2D eigenvalue weighted by Crippen LogP contribution is 2.12. The third kappa shape index (κ3) is 5.91. The molecular weight excluding hydrogens is 315 g/mol. The average molecular weight is 337 g/mol. The van der Waals surface area contributed by atoms with Gasteiger partial charge < -0.3 is 11.1 Å². The van der Waals surface area contributed by atoms with Gasteiger partial charge in [-0.05, 0) is 42.2 Å². The number of carbonyl (C=O) groups is 1. The molecule has 3 nitrogen and oxygen atoms in total. The monoisotopic (exact) mass is 336 g/mol. The first-order valence-electron chi connectivity index (χ1n) is 7.42. The zero-order valence-electron chi connectivity index (χ0n) is 13.1. The highest BCUT2D eigenvalue weighted by atomic mass is 35.5. The molecule has 0 radical (unpaired) electrons. The van der Waals surface area contributed by atoms with Crippen LogP contribution in [0.5, 0.6) is 0 Å². The lowest BCUT2D eigenvalue weighted by atomic mass is 10.00. The van der Waals surface area contributed by atoms with E-state index in [0.29, 0.717) is 18.5 Å². The maximum Gasteiger partial charge on any atom is 0.223 e. The summed E-state index contributed by atoms with van der Waals surface area (Å²) < 4.78 is 13.6. The molecule has 2 rings (SSSR count). The van der Waals surface area contributed by atoms with Gasteiger partial charge in [0.1, 0.15) is 5.82 Å². The number of nitrogens with two attached hydrogens (primary N) is 1. The maximum absolute atomic E-state index is 13.6. The van der Waals surface area contributed by atoms with Crippen LogP contribution in [0.2, 0.25) is 0 Å².